The molecule has 130 valence electrons. The first kappa shape index (κ1) is 19.2. The molecule has 0 atom stereocenters. The summed E-state index contributed by atoms with van der Waals surface area (Å²) in [5.74, 6) is 0.379. The van der Waals surface area contributed by atoms with Crippen LogP contribution < -0.4 is 5.43 Å². The van der Waals surface area contributed by atoms with E-state index in [4.69, 9.17) is 23.2 Å². The summed E-state index contributed by atoms with van der Waals surface area (Å²) in [5.41, 5.74) is 3.63. The van der Waals surface area contributed by atoms with Gasteiger partial charge >= 0.3 is 0 Å². The Hall–Kier alpha value is -2.09. The molecule has 2 aromatic rings. The Bertz CT molecular complexity index is 795. The maximum absolute atomic E-state index is 11.7. The summed E-state index contributed by atoms with van der Waals surface area (Å²) in [4.78, 5) is 21.9. The average molecular weight is 398 g/mol. The van der Waals surface area contributed by atoms with Crippen LogP contribution in [-0.4, -0.2) is 22.8 Å². The van der Waals surface area contributed by atoms with E-state index in [0.29, 0.717) is 21.4 Å². The van der Waals surface area contributed by atoms with Gasteiger partial charge in [-0.3, -0.25) is 14.9 Å². The summed E-state index contributed by atoms with van der Waals surface area (Å²) in [6.45, 7) is 0. The predicted molar refractivity (Wildman–Crippen MR) is 101 cm³/mol. The molecule has 6 nitrogen and oxygen atoms in total. The number of rotatable bonds is 7. The fourth-order valence-corrected chi connectivity index (χ4v) is 3.40. The van der Waals surface area contributed by atoms with Gasteiger partial charge in [-0.1, -0.05) is 41.4 Å². The van der Waals surface area contributed by atoms with Gasteiger partial charge in [0, 0.05) is 33.5 Å². The van der Waals surface area contributed by atoms with E-state index < -0.39 is 4.92 Å². The minimum atomic E-state index is -0.494. The van der Waals surface area contributed by atoms with Crippen LogP contribution in [0.3, 0.4) is 0 Å². The number of halogens is 2. The first-order valence-electron chi connectivity index (χ1n) is 7.04. The van der Waals surface area contributed by atoms with Crippen LogP contribution in [-0.2, 0) is 10.5 Å². The normalized spacial score (nSPS) is 10.8. The predicted octanol–water partition coefficient (Wildman–Crippen LogP) is 4.29. The van der Waals surface area contributed by atoms with Gasteiger partial charge < -0.3 is 0 Å². The number of hydrazone groups is 1. The van der Waals surface area contributed by atoms with Crippen LogP contribution in [0.1, 0.15) is 11.1 Å². The van der Waals surface area contributed by atoms with Crippen molar-refractivity contribution in [3.05, 3.63) is 73.8 Å². The highest BCUT2D eigenvalue weighted by atomic mass is 35.5. The number of carbonyl (C=O) groups excluding carboxylic acids is 1. The highest BCUT2D eigenvalue weighted by Crippen LogP contribution is 2.28. The number of hydrogen-bond acceptors (Lipinski definition) is 5. The second-order valence-electron chi connectivity index (χ2n) is 4.84. The molecule has 0 aliphatic heterocycles. The third-order valence-electron chi connectivity index (χ3n) is 3.03. The number of nitro benzene ring substituents is 1. The van der Waals surface area contributed by atoms with Gasteiger partial charge in [-0.05, 0) is 17.7 Å². The Labute approximate surface area is 158 Å². The number of thioether (sulfide) groups is 1. The molecule has 0 spiro atoms. The topological polar surface area (TPSA) is 84.6 Å². The van der Waals surface area contributed by atoms with Crippen molar-refractivity contribution in [3.63, 3.8) is 0 Å². The summed E-state index contributed by atoms with van der Waals surface area (Å²) < 4.78 is 0. The molecule has 0 saturated heterocycles. The fraction of sp³-hybridized carbons (Fsp3) is 0.125. The molecule has 0 aromatic heterocycles. The van der Waals surface area contributed by atoms with Gasteiger partial charge in [0.05, 0.1) is 16.9 Å². The van der Waals surface area contributed by atoms with E-state index in [1.165, 1.54) is 30.1 Å². The molecule has 0 radical (unpaired) electrons. The van der Waals surface area contributed by atoms with Crippen LogP contribution in [0.15, 0.2) is 47.6 Å². The highest BCUT2D eigenvalue weighted by molar-refractivity contribution is 7.99. The summed E-state index contributed by atoms with van der Waals surface area (Å²) in [6, 6.07) is 11.2. The van der Waals surface area contributed by atoms with Crippen LogP contribution in [0.4, 0.5) is 5.69 Å². The van der Waals surface area contributed by atoms with Crippen molar-refractivity contribution in [2.24, 2.45) is 5.10 Å². The van der Waals surface area contributed by atoms with Gasteiger partial charge in [0.1, 0.15) is 0 Å². The monoisotopic (exact) mass is 397 g/mol. The summed E-state index contributed by atoms with van der Waals surface area (Å²) in [6.07, 6.45) is 1.35. The van der Waals surface area contributed by atoms with E-state index >= 15 is 0 Å². The second kappa shape index (κ2) is 9.41. The Kier molecular flexibility index (Phi) is 7.24. The maximum atomic E-state index is 11.7. The maximum Gasteiger partial charge on any atom is 0.270 e. The molecule has 0 heterocycles. The van der Waals surface area contributed by atoms with E-state index in [0.717, 1.165) is 5.56 Å². The van der Waals surface area contributed by atoms with Crippen molar-refractivity contribution in [3.8, 4) is 0 Å². The van der Waals surface area contributed by atoms with E-state index in [-0.39, 0.29) is 17.3 Å². The summed E-state index contributed by atoms with van der Waals surface area (Å²) in [7, 11) is 0. The second-order valence-corrected chi connectivity index (χ2v) is 6.64. The number of hydrogen-bond donors (Lipinski definition) is 1. The van der Waals surface area contributed by atoms with Gasteiger partial charge in [-0.2, -0.15) is 5.10 Å². The van der Waals surface area contributed by atoms with Crippen LogP contribution in [0.2, 0.25) is 10.0 Å². The van der Waals surface area contributed by atoms with Crippen LogP contribution in [0.25, 0.3) is 0 Å². The Balaban J connectivity index is 1.81. The van der Waals surface area contributed by atoms with Crippen molar-refractivity contribution in [2.75, 3.05) is 5.75 Å². The molecule has 0 unspecified atom stereocenters. The highest BCUT2D eigenvalue weighted by Gasteiger charge is 2.07. The van der Waals surface area contributed by atoms with Crippen LogP contribution >= 0.6 is 35.0 Å². The molecule has 1 amide bonds. The number of amides is 1. The summed E-state index contributed by atoms with van der Waals surface area (Å²) >= 11 is 13.5. The van der Waals surface area contributed by atoms with Gasteiger partial charge in [0.25, 0.3) is 5.69 Å². The van der Waals surface area contributed by atoms with Crippen molar-refractivity contribution < 1.29 is 9.72 Å². The smallest absolute Gasteiger partial charge is 0.270 e. The first-order valence-corrected chi connectivity index (χ1v) is 8.95. The van der Waals surface area contributed by atoms with E-state index in [2.05, 4.69) is 10.5 Å². The van der Waals surface area contributed by atoms with Gasteiger partial charge in [0.2, 0.25) is 5.91 Å². The van der Waals surface area contributed by atoms with Crippen LogP contribution in [0, 0.1) is 10.1 Å². The minimum Gasteiger partial charge on any atom is -0.272 e. The van der Waals surface area contributed by atoms with E-state index in [1.807, 2.05) is 0 Å². The Morgan fingerprint density at radius 3 is 2.60 bits per heavy atom. The zero-order valence-corrected chi connectivity index (χ0v) is 15.1. The number of benzene rings is 2. The largest absolute Gasteiger partial charge is 0.272 e. The molecule has 25 heavy (non-hydrogen) atoms. The quantitative estimate of drug-likeness (QED) is 0.429. The molecule has 0 aliphatic rings. The average Bonchev–Trinajstić information content (AvgIpc) is 2.58. The number of nitro groups is 1. The zero-order valence-electron chi connectivity index (χ0n) is 12.8. The molecular weight excluding hydrogens is 385 g/mol. The number of non-ortho nitro benzene ring substituents is 1. The van der Waals surface area contributed by atoms with Crippen molar-refractivity contribution in [1.29, 1.82) is 0 Å². The lowest BCUT2D eigenvalue weighted by molar-refractivity contribution is -0.384. The Morgan fingerprint density at radius 1 is 1.24 bits per heavy atom. The third-order valence-corrected chi connectivity index (χ3v) is 4.69. The molecule has 2 aromatic carbocycles. The van der Waals surface area contributed by atoms with Gasteiger partial charge in [0.15, 0.2) is 0 Å². The van der Waals surface area contributed by atoms with Crippen LogP contribution in [0.5, 0.6) is 0 Å². The molecular formula is C16H13Cl2N3O3S. The van der Waals surface area contributed by atoms with Crippen molar-refractivity contribution >= 4 is 52.8 Å². The number of carbonyl (C=O) groups is 1. The molecule has 1 N–H and O–H groups in total. The lowest BCUT2D eigenvalue weighted by atomic mass is 10.2. The van der Waals surface area contributed by atoms with E-state index in [1.54, 1.807) is 30.3 Å². The fourth-order valence-electron chi connectivity index (χ4n) is 1.85. The molecule has 0 aliphatic carbocycles. The number of nitrogens with one attached hydrogen (secondary N) is 1. The van der Waals surface area contributed by atoms with Crippen molar-refractivity contribution in [2.45, 2.75) is 5.75 Å². The molecule has 0 saturated carbocycles. The lowest BCUT2D eigenvalue weighted by Crippen LogP contribution is -2.19. The third kappa shape index (κ3) is 6.04. The lowest BCUT2D eigenvalue weighted by Gasteiger charge is -2.06. The molecule has 0 bridgehead atoms. The SMILES string of the molecule is O=C(CSCc1c(Cl)cccc1Cl)N/N=C\c1cccc([N+](=O)[O-])c1. The Morgan fingerprint density at radius 2 is 1.92 bits per heavy atom. The molecule has 0 fully saturated rings. The molecule has 2 rings (SSSR count). The van der Waals surface area contributed by atoms with Gasteiger partial charge in [-0.25, -0.2) is 5.43 Å². The van der Waals surface area contributed by atoms with E-state index in [9.17, 15) is 14.9 Å². The zero-order chi connectivity index (χ0) is 18.2. The van der Waals surface area contributed by atoms with Gasteiger partial charge in [-0.15, -0.1) is 11.8 Å². The standard InChI is InChI=1S/C16H13Cl2N3O3S/c17-14-5-2-6-15(18)13(14)9-25-10-16(22)20-19-8-11-3-1-4-12(7-11)21(23)24/h1-8H,9-10H2,(H,20,22)/b19-8-. The van der Waals surface area contributed by atoms with Crippen molar-refractivity contribution in [1.82, 2.24) is 5.43 Å². The minimum absolute atomic E-state index is 0.0394. The molecule has 9 heteroatoms. The first-order chi connectivity index (χ1) is 12.0. The number of nitrogens with zero attached hydrogens (tertiary/aromatic N) is 2. The summed E-state index contributed by atoms with van der Waals surface area (Å²) in [5, 5.41) is 15.6.